The van der Waals surface area contributed by atoms with Crippen LogP contribution in [0.1, 0.15) is 16.1 Å². The van der Waals surface area contributed by atoms with Gasteiger partial charge in [0.05, 0.1) is 5.56 Å². The van der Waals surface area contributed by atoms with Crippen molar-refractivity contribution in [3.63, 3.8) is 0 Å². The number of hydrogen-bond donors (Lipinski definition) is 2. The summed E-state index contributed by atoms with van der Waals surface area (Å²) in [5.41, 5.74) is 1.10. The summed E-state index contributed by atoms with van der Waals surface area (Å²) in [4.78, 5) is 20.5. The van der Waals surface area contributed by atoms with E-state index in [1.807, 2.05) is 54.6 Å². The monoisotopic (exact) mass is 387 g/mol. The second-order valence-electron chi connectivity index (χ2n) is 6.14. The molecule has 0 bridgehead atoms. The van der Waals surface area contributed by atoms with Crippen LogP contribution >= 0.6 is 0 Å². The number of amides is 1. The molecule has 0 fully saturated rings. The van der Waals surface area contributed by atoms with Gasteiger partial charge in [-0.25, -0.2) is 9.97 Å². The molecule has 0 unspecified atom stereocenters. The van der Waals surface area contributed by atoms with Crippen LogP contribution in [-0.2, 0) is 0 Å². The molecular weight excluding hydrogens is 370 g/mol. The Kier molecular flexibility index (Phi) is 5.15. The van der Waals surface area contributed by atoms with E-state index in [1.165, 1.54) is 12.4 Å². The first-order chi connectivity index (χ1) is 14.2. The van der Waals surface area contributed by atoms with Crippen molar-refractivity contribution in [1.29, 1.82) is 0 Å². The van der Waals surface area contributed by atoms with E-state index in [1.54, 1.807) is 13.0 Å². The van der Waals surface area contributed by atoms with Crippen LogP contribution in [0.5, 0.6) is 11.5 Å². The number of benzene rings is 2. The van der Waals surface area contributed by atoms with Gasteiger partial charge in [-0.3, -0.25) is 4.79 Å². The maximum atomic E-state index is 12.2. The molecular formula is C21H17N5O3. The first-order valence-electron chi connectivity index (χ1n) is 8.82. The smallest absolute Gasteiger partial charge is 0.260 e. The Bertz CT molecular complexity index is 1090. The van der Waals surface area contributed by atoms with Crippen LogP contribution in [0.15, 0.2) is 77.6 Å². The number of nitrogens with zero attached hydrogens (tertiary/aromatic N) is 3. The third kappa shape index (κ3) is 4.75. The zero-order chi connectivity index (χ0) is 20.1. The molecule has 8 heteroatoms. The molecule has 0 saturated heterocycles. The van der Waals surface area contributed by atoms with E-state index in [4.69, 9.17) is 9.26 Å². The number of anilines is 3. The highest BCUT2D eigenvalue weighted by atomic mass is 16.5. The first kappa shape index (κ1) is 18.2. The van der Waals surface area contributed by atoms with Gasteiger partial charge in [0, 0.05) is 24.1 Å². The van der Waals surface area contributed by atoms with E-state index in [0.29, 0.717) is 23.1 Å². The highest BCUT2D eigenvalue weighted by molar-refractivity contribution is 6.03. The van der Waals surface area contributed by atoms with Crippen LogP contribution < -0.4 is 15.4 Å². The number of para-hydroxylation sites is 1. The Morgan fingerprint density at radius 3 is 2.31 bits per heavy atom. The zero-order valence-corrected chi connectivity index (χ0v) is 15.5. The summed E-state index contributed by atoms with van der Waals surface area (Å²) in [6.07, 6.45) is 2.87. The van der Waals surface area contributed by atoms with Crippen molar-refractivity contribution in [3.05, 3.63) is 84.4 Å². The normalized spacial score (nSPS) is 10.4. The second-order valence-corrected chi connectivity index (χ2v) is 6.14. The Labute approximate surface area is 166 Å². The van der Waals surface area contributed by atoms with Gasteiger partial charge in [0.2, 0.25) is 5.95 Å². The molecule has 0 aliphatic rings. The summed E-state index contributed by atoms with van der Waals surface area (Å²) in [5, 5.41) is 9.41. The molecule has 0 radical (unpaired) electrons. The number of rotatable bonds is 6. The molecule has 2 N–H and O–H groups in total. The van der Waals surface area contributed by atoms with Crippen LogP contribution in [0.3, 0.4) is 0 Å². The fraction of sp³-hybridized carbons (Fsp3) is 0.0476. The number of nitrogens with one attached hydrogen (secondary N) is 2. The number of aromatic nitrogens is 3. The molecule has 4 aromatic rings. The number of carbonyl (C=O) groups is 1. The van der Waals surface area contributed by atoms with Gasteiger partial charge in [0.25, 0.3) is 5.91 Å². The molecule has 0 saturated carbocycles. The molecule has 1 amide bonds. The molecule has 0 aliphatic heterocycles. The van der Waals surface area contributed by atoms with Crippen LogP contribution in [0.4, 0.5) is 17.5 Å². The highest BCUT2D eigenvalue weighted by Crippen LogP contribution is 2.23. The van der Waals surface area contributed by atoms with Crippen molar-refractivity contribution in [3.8, 4) is 11.5 Å². The van der Waals surface area contributed by atoms with Crippen LogP contribution in [-0.4, -0.2) is 21.0 Å². The average Bonchev–Trinajstić information content (AvgIpc) is 3.15. The lowest BCUT2D eigenvalue weighted by molar-refractivity contribution is 0.102. The number of hydrogen-bond acceptors (Lipinski definition) is 7. The molecule has 2 aromatic heterocycles. The fourth-order valence-corrected chi connectivity index (χ4v) is 2.48. The fourth-order valence-electron chi connectivity index (χ4n) is 2.48. The van der Waals surface area contributed by atoms with Crippen LogP contribution in [0, 0.1) is 6.92 Å². The average molecular weight is 387 g/mol. The molecule has 29 heavy (non-hydrogen) atoms. The van der Waals surface area contributed by atoms with Gasteiger partial charge in [-0.05, 0) is 43.3 Å². The van der Waals surface area contributed by atoms with Crippen LogP contribution in [0.2, 0.25) is 0 Å². The highest BCUT2D eigenvalue weighted by Gasteiger charge is 2.10. The van der Waals surface area contributed by atoms with Gasteiger partial charge in [-0.2, -0.15) is 0 Å². The minimum atomic E-state index is -0.368. The summed E-state index contributed by atoms with van der Waals surface area (Å²) in [7, 11) is 0. The van der Waals surface area contributed by atoms with E-state index in [0.717, 1.165) is 17.2 Å². The third-order valence-corrected chi connectivity index (χ3v) is 3.87. The van der Waals surface area contributed by atoms with E-state index in [9.17, 15) is 4.79 Å². The number of carbonyl (C=O) groups excluding carboxylic acids is 1. The quantitative estimate of drug-likeness (QED) is 0.500. The van der Waals surface area contributed by atoms with Gasteiger partial charge in [-0.1, -0.05) is 23.4 Å². The van der Waals surface area contributed by atoms with Gasteiger partial charge in [-0.15, -0.1) is 0 Å². The van der Waals surface area contributed by atoms with Crippen molar-refractivity contribution in [1.82, 2.24) is 15.1 Å². The summed E-state index contributed by atoms with van der Waals surface area (Å²) in [6.45, 7) is 1.74. The van der Waals surface area contributed by atoms with Crippen molar-refractivity contribution < 1.29 is 14.1 Å². The van der Waals surface area contributed by atoms with Gasteiger partial charge in [0.1, 0.15) is 17.3 Å². The summed E-state index contributed by atoms with van der Waals surface area (Å²) in [5.74, 6) is 2.44. The largest absolute Gasteiger partial charge is 0.457 e. The van der Waals surface area contributed by atoms with Crippen molar-refractivity contribution >= 4 is 23.4 Å². The maximum absolute atomic E-state index is 12.2. The first-order valence-corrected chi connectivity index (χ1v) is 8.82. The van der Waals surface area contributed by atoms with E-state index in [2.05, 4.69) is 25.8 Å². The zero-order valence-electron chi connectivity index (χ0n) is 15.5. The van der Waals surface area contributed by atoms with Crippen LogP contribution in [0.25, 0.3) is 0 Å². The molecule has 8 nitrogen and oxygen atoms in total. The Morgan fingerprint density at radius 1 is 0.966 bits per heavy atom. The van der Waals surface area contributed by atoms with E-state index >= 15 is 0 Å². The molecule has 2 aromatic carbocycles. The molecule has 2 heterocycles. The Morgan fingerprint density at radius 2 is 1.66 bits per heavy atom. The number of ether oxygens (including phenoxy) is 1. The predicted molar refractivity (Wildman–Crippen MR) is 107 cm³/mol. The standard InChI is InChI=1S/C21H17N5O3/c1-14-11-19(26-29-14)25-20(27)15-12-22-21(23-13-15)24-16-7-9-18(10-8-16)28-17-5-3-2-4-6-17/h2-13H,1H3,(H,22,23,24)(H,25,26,27). The molecule has 0 spiro atoms. The summed E-state index contributed by atoms with van der Waals surface area (Å²) >= 11 is 0. The third-order valence-electron chi connectivity index (χ3n) is 3.87. The number of aryl methyl sites for hydroxylation is 1. The van der Waals surface area contributed by atoms with E-state index < -0.39 is 0 Å². The van der Waals surface area contributed by atoms with E-state index in [-0.39, 0.29) is 5.91 Å². The Balaban J connectivity index is 1.36. The molecule has 144 valence electrons. The van der Waals surface area contributed by atoms with Crippen molar-refractivity contribution in [2.75, 3.05) is 10.6 Å². The molecule has 0 aliphatic carbocycles. The van der Waals surface area contributed by atoms with Crippen molar-refractivity contribution in [2.24, 2.45) is 0 Å². The Hall–Kier alpha value is -4.20. The summed E-state index contributed by atoms with van der Waals surface area (Å²) < 4.78 is 10.7. The minimum absolute atomic E-state index is 0.308. The second kappa shape index (κ2) is 8.22. The summed E-state index contributed by atoms with van der Waals surface area (Å²) in [6, 6.07) is 18.6. The topological polar surface area (TPSA) is 102 Å². The lowest BCUT2D eigenvalue weighted by Crippen LogP contribution is -2.13. The SMILES string of the molecule is Cc1cc(NC(=O)c2cnc(Nc3ccc(Oc4ccccc4)cc3)nc2)no1. The molecule has 4 rings (SSSR count). The minimum Gasteiger partial charge on any atom is -0.457 e. The van der Waals surface area contributed by atoms with Gasteiger partial charge < -0.3 is 19.9 Å². The lowest BCUT2D eigenvalue weighted by atomic mass is 10.3. The molecule has 0 atom stereocenters. The lowest BCUT2D eigenvalue weighted by Gasteiger charge is -2.08. The van der Waals surface area contributed by atoms with Gasteiger partial charge >= 0.3 is 0 Å². The van der Waals surface area contributed by atoms with Gasteiger partial charge in [0.15, 0.2) is 5.82 Å². The predicted octanol–water partition coefficient (Wildman–Crippen LogP) is 4.56. The van der Waals surface area contributed by atoms with Crippen molar-refractivity contribution in [2.45, 2.75) is 6.92 Å². The maximum Gasteiger partial charge on any atom is 0.260 e.